The second-order valence-electron chi connectivity index (χ2n) is 6.44. The standard InChI is InChI=1S/C24H28O4S2/c1-3-19-5-7-21-23(17-19)27-11-15-30-16-12-28-24-18-20(4-2)6-8-22(24)26-10-14-29-13-9-25-21/h3-8,17-18H,1-2,9-16H2. The smallest absolute Gasteiger partial charge is 0.161 e. The molecule has 30 heavy (non-hydrogen) atoms. The van der Waals surface area contributed by atoms with E-state index in [0.717, 1.165) is 57.1 Å². The van der Waals surface area contributed by atoms with Crippen molar-refractivity contribution in [3.8, 4) is 23.0 Å². The third-order valence-electron chi connectivity index (χ3n) is 4.35. The molecule has 0 fully saturated rings. The van der Waals surface area contributed by atoms with Crippen LogP contribution in [-0.4, -0.2) is 49.4 Å². The van der Waals surface area contributed by atoms with Crippen molar-refractivity contribution < 1.29 is 18.9 Å². The Kier molecular flexibility index (Phi) is 9.38. The van der Waals surface area contributed by atoms with E-state index in [1.165, 1.54) is 0 Å². The Morgan fingerprint density at radius 1 is 0.567 bits per heavy atom. The number of thioether (sulfide) groups is 2. The molecular weight excluding hydrogens is 416 g/mol. The number of ether oxygens (including phenoxy) is 4. The Morgan fingerprint density at radius 2 is 0.933 bits per heavy atom. The highest BCUT2D eigenvalue weighted by Gasteiger charge is 2.09. The lowest BCUT2D eigenvalue weighted by atomic mass is 10.2. The van der Waals surface area contributed by atoms with Gasteiger partial charge in [0.2, 0.25) is 0 Å². The van der Waals surface area contributed by atoms with E-state index in [-0.39, 0.29) is 0 Å². The van der Waals surface area contributed by atoms with Gasteiger partial charge in [-0.25, -0.2) is 0 Å². The van der Waals surface area contributed by atoms with Gasteiger partial charge in [0.15, 0.2) is 23.0 Å². The molecule has 2 aromatic carbocycles. The van der Waals surface area contributed by atoms with Crippen molar-refractivity contribution in [3.63, 3.8) is 0 Å². The summed E-state index contributed by atoms with van der Waals surface area (Å²) in [5.41, 5.74) is 2.04. The van der Waals surface area contributed by atoms with Crippen LogP contribution >= 0.6 is 23.5 Å². The predicted molar refractivity (Wildman–Crippen MR) is 130 cm³/mol. The minimum Gasteiger partial charge on any atom is -0.489 e. The van der Waals surface area contributed by atoms with Crippen LogP contribution in [0.3, 0.4) is 0 Å². The first-order chi connectivity index (χ1) is 14.8. The average Bonchev–Trinajstić information content (AvgIpc) is 2.78. The molecule has 0 bridgehead atoms. The SMILES string of the molecule is C=Cc1ccc2c(c1)OCCSCCOc1cc(C=C)ccc1OCCSCCO2. The van der Waals surface area contributed by atoms with E-state index in [1.54, 1.807) is 23.5 Å². The molecule has 0 saturated carbocycles. The quantitative estimate of drug-likeness (QED) is 0.594. The molecule has 0 N–H and O–H groups in total. The third kappa shape index (κ3) is 6.96. The second-order valence-corrected chi connectivity index (χ2v) is 8.89. The molecule has 0 aromatic heterocycles. The van der Waals surface area contributed by atoms with Crippen molar-refractivity contribution in [3.05, 3.63) is 60.7 Å². The van der Waals surface area contributed by atoms with Crippen molar-refractivity contribution in [1.29, 1.82) is 0 Å². The van der Waals surface area contributed by atoms with E-state index in [0.29, 0.717) is 26.4 Å². The molecule has 0 spiro atoms. The monoisotopic (exact) mass is 444 g/mol. The molecule has 0 atom stereocenters. The zero-order valence-corrected chi connectivity index (χ0v) is 18.8. The van der Waals surface area contributed by atoms with Crippen LogP contribution in [0.2, 0.25) is 0 Å². The molecule has 2 aromatic rings. The summed E-state index contributed by atoms with van der Waals surface area (Å²) in [5.74, 6) is 6.58. The van der Waals surface area contributed by atoms with Crippen LogP contribution in [0.1, 0.15) is 11.1 Å². The molecule has 0 saturated heterocycles. The molecule has 0 aliphatic carbocycles. The molecule has 0 unspecified atom stereocenters. The first-order valence-corrected chi connectivity index (χ1v) is 12.3. The van der Waals surface area contributed by atoms with Gasteiger partial charge in [0.1, 0.15) is 0 Å². The van der Waals surface area contributed by atoms with Gasteiger partial charge in [0, 0.05) is 23.0 Å². The van der Waals surface area contributed by atoms with Crippen molar-refractivity contribution in [2.75, 3.05) is 49.4 Å². The molecule has 4 nitrogen and oxygen atoms in total. The Morgan fingerprint density at radius 3 is 1.30 bits per heavy atom. The maximum Gasteiger partial charge on any atom is 0.161 e. The van der Waals surface area contributed by atoms with Crippen molar-refractivity contribution >= 4 is 35.7 Å². The molecular formula is C24H28O4S2. The van der Waals surface area contributed by atoms with Crippen molar-refractivity contribution in [1.82, 2.24) is 0 Å². The van der Waals surface area contributed by atoms with E-state index in [1.807, 2.05) is 48.6 Å². The number of benzene rings is 2. The van der Waals surface area contributed by atoms with Crippen LogP contribution in [0.25, 0.3) is 12.2 Å². The lowest BCUT2D eigenvalue weighted by Gasteiger charge is -2.15. The first kappa shape index (κ1) is 22.5. The largest absolute Gasteiger partial charge is 0.489 e. The molecule has 0 radical (unpaired) electrons. The summed E-state index contributed by atoms with van der Waals surface area (Å²) < 4.78 is 23.9. The molecule has 6 heteroatoms. The molecule has 3 rings (SSSR count). The van der Waals surface area contributed by atoms with E-state index >= 15 is 0 Å². The van der Waals surface area contributed by atoms with Gasteiger partial charge in [-0.05, 0) is 35.4 Å². The van der Waals surface area contributed by atoms with Gasteiger partial charge in [-0.3, -0.25) is 0 Å². The topological polar surface area (TPSA) is 36.9 Å². The van der Waals surface area contributed by atoms with E-state index in [9.17, 15) is 0 Å². The normalized spacial score (nSPS) is 16.0. The Hall–Kier alpha value is -2.18. The maximum absolute atomic E-state index is 5.99. The lowest BCUT2D eigenvalue weighted by Crippen LogP contribution is -2.09. The first-order valence-electron chi connectivity index (χ1n) is 10.00. The Balaban J connectivity index is 1.62. The average molecular weight is 445 g/mol. The summed E-state index contributed by atoms with van der Waals surface area (Å²) in [6.07, 6.45) is 3.62. The third-order valence-corrected chi connectivity index (χ3v) is 6.17. The van der Waals surface area contributed by atoms with Crippen molar-refractivity contribution in [2.24, 2.45) is 0 Å². The van der Waals surface area contributed by atoms with Crippen LogP contribution in [0, 0.1) is 0 Å². The van der Waals surface area contributed by atoms with Gasteiger partial charge in [-0.1, -0.05) is 37.4 Å². The summed E-state index contributed by atoms with van der Waals surface area (Å²) >= 11 is 3.58. The fourth-order valence-corrected chi connectivity index (χ4v) is 4.03. The van der Waals surface area contributed by atoms with Crippen LogP contribution < -0.4 is 18.9 Å². The van der Waals surface area contributed by atoms with Crippen LogP contribution in [-0.2, 0) is 0 Å². The molecule has 1 heterocycles. The van der Waals surface area contributed by atoms with Crippen LogP contribution in [0.15, 0.2) is 49.6 Å². The highest BCUT2D eigenvalue weighted by Crippen LogP contribution is 2.31. The van der Waals surface area contributed by atoms with Gasteiger partial charge in [0.05, 0.1) is 26.4 Å². The van der Waals surface area contributed by atoms with E-state index in [4.69, 9.17) is 18.9 Å². The number of fused-ring (bicyclic) bond motifs is 2. The number of hydrogen-bond donors (Lipinski definition) is 0. The summed E-state index contributed by atoms with van der Waals surface area (Å²) in [4.78, 5) is 0. The summed E-state index contributed by atoms with van der Waals surface area (Å²) in [5, 5.41) is 0. The highest BCUT2D eigenvalue weighted by molar-refractivity contribution is 7.99. The van der Waals surface area contributed by atoms with Gasteiger partial charge < -0.3 is 18.9 Å². The highest BCUT2D eigenvalue weighted by atomic mass is 32.2. The maximum atomic E-state index is 5.99. The van der Waals surface area contributed by atoms with E-state index < -0.39 is 0 Å². The minimum absolute atomic E-state index is 0.608. The summed E-state index contributed by atoms with van der Waals surface area (Å²) in [7, 11) is 0. The predicted octanol–water partition coefficient (Wildman–Crippen LogP) is 5.67. The fraction of sp³-hybridized carbons (Fsp3) is 0.333. The van der Waals surface area contributed by atoms with Crippen LogP contribution in [0.4, 0.5) is 0 Å². The zero-order valence-electron chi connectivity index (χ0n) is 17.1. The minimum atomic E-state index is 0.608. The van der Waals surface area contributed by atoms with Crippen molar-refractivity contribution in [2.45, 2.75) is 0 Å². The van der Waals surface area contributed by atoms with Gasteiger partial charge in [-0.2, -0.15) is 23.5 Å². The summed E-state index contributed by atoms with van der Waals surface area (Å²) in [6, 6.07) is 11.8. The molecule has 1 aliphatic heterocycles. The number of hydrogen-bond acceptors (Lipinski definition) is 6. The molecule has 1 aliphatic rings. The zero-order chi connectivity index (χ0) is 21.0. The molecule has 160 valence electrons. The van der Waals surface area contributed by atoms with Crippen LogP contribution in [0.5, 0.6) is 23.0 Å². The lowest BCUT2D eigenvalue weighted by molar-refractivity contribution is 0.287. The number of rotatable bonds is 2. The van der Waals surface area contributed by atoms with Gasteiger partial charge >= 0.3 is 0 Å². The van der Waals surface area contributed by atoms with E-state index in [2.05, 4.69) is 13.2 Å². The Bertz CT molecular complexity index is 770. The van der Waals surface area contributed by atoms with Gasteiger partial charge in [-0.15, -0.1) is 0 Å². The Labute approximate surface area is 187 Å². The van der Waals surface area contributed by atoms with Gasteiger partial charge in [0.25, 0.3) is 0 Å². The fourth-order valence-electron chi connectivity index (χ4n) is 2.81. The second kappa shape index (κ2) is 12.5. The summed E-state index contributed by atoms with van der Waals surface area (Å²) in [6.45, 7) is 10.1. The molecule has 0 amide bonds.